The summed E-state index contributed by atoms with van der Waals surface area (Å²) in [7, 11) is 1.54. The smallest absolute Gasteiger partial charge is 0.237 e. The molecule has 4 N–H and O–H groups in total. The fourth-order valence-corrected chi connectivity index (χ4v) is 1.82. The molecule has 0 aliphatic heterocycles. The van der Waals surface area contributed by atoms with Crippen molar-refractivity contribution in [2.45, 2.75) is 31.9 Å². The predicted molar refractivity (Wildman–Crippen MR) is 73.8 cm³/mol. The highest BCUT2D eigenvalue weighted by Crippen LogP contribution is 2.23. The van der Waals surface area contributed by atoms with Crippen LogP contribution in [0.15, 0.2) is 24.3 Å². The van der Waals surface area contributed by atoms with Gasteiger partial charge in [0.25, 0.3) is 0 Å². The summed E-state index contributed by atoms with van der Waals surface area (Å²) in [5.41, 5.74) is 6.34. The molecule has 5 heteroatoms. The van der Waals surface area contributed by atoms with Crippen molar-refractivity contribution < 1.29 is 14.6 Å². The number of nitrogens with two attached hydrogens (primary N) is 1. The third kappa shape index (κ3) is 4.54. The maximum absolute atomic E-state index is 11.6. The van der Waals surface area contributed by atoms with E-state index in [0.29, 0.717) is 17.7 Å². The van der Waals surface area contributed by atoms with E-state index in [1.54, 1.807) is 19.2 Å². The van der Waals surface area contributed by atoms with E-state index in [-0.39, 0.29) is 12.5 Å². The molecular weight excluding hydrogens is 244 g/mol. The average Bonchev–Trinajstić information content (AvgIpc) is 2.44. The van der Waals surface area contributed by atoms with Crippen LogP contribution in [-0.4, -0.2) is 30.7 Å². The monoisotopic (exact) mass is 266 g/mol. The second-order valence-corrected chi connectivity index (χ2v) is 4.40. The number of hydrogen-bond acceptors (Lipinski definition) is 4. The van der Waals surface area contributed by atoms with E-state index in [0.717, 1.165) is 6.42 Å². The molecule has 0 saturated heterocycles. The van der Waals surface area contributed by atoms with Crippen molar-refractivity contribution >= 4 is 5.91 Å². The Morgan fingerprint density at radius 2 is 2.16 bits per heavy atom. The number of aliphatic hydroxyl groups excluding tert-OH is 1. The van der Waals surface area contributed by atoms with E-state index in [2.05, 4.69) is 5.32 Å². The van der Waals surface area contributed by atoms with Gasteiger partial charge >= 0.3 is 0 Å². The molecule has 1 aromatic carbocycles. The van der Waals surface area contributed by atoms with Gasteiger partial charge in [0, 0.05) is 12.1 Å². The van der Waals surface area contributed by atoms with Crippen molar-refractivity contribution in [2.75, 3.05) is 13.7 Å². The number of benzene rings is 1. The Hall–Kier alpha value is -1.59. The maximum Gasteiger partial charge on any atom is 0.237 e. The molecule has 1 aromatic rings. The summed E-state index contributed by atoms with van der Waals surface area (Å²) in [5, 5.41) is 12.7. The van der Waals surface area contributed by atoms with Crippen LogP contribution in [-0.2, 0) is 4.79 Å². The Bertz CT molecular complexity index is 409. The summed E-state index contributed by atoms with van der Waals surface area (Å²) in [6.45, 7) is 2.09. The minimum atomic E-state index is -0.811. The van der Waals surface area contributed by atoms with Crippen LogP contribution >= 0.6 is 0 Å². The number of methoxy groups -OCH3 is 1. The maximum atomic E-state index is 11.6. The zero-order valence-corrected chi connectivity index (χ0v) is 11.4. The van der Waals surface area contributed by atoms with E-state index in [4.69, 9.17) is 10.5 Å². The number of carbonyl (C=O) groups excluding carboxylic acids is 1. The Morgan fingerprint density at radius 3 is 2.79 bits per heavy atom. The van der Waals surface area contributed by atoms with Crippen LogP contribution in [0, 0.1) is 0 Å². The zero-order valence-electron chi connectivity index (χ0n) is 11.4. The van der Waals surface area contributed by atoms with Crippen molar-refractivity contribution in [1.82, 2.24) is 5.32 Å². The summed E-state index contributed by atoms with van der Waals surface area (Å²) in [5.74, 6) is 0.359. The summed E-state index contributed by atoms with van der Waals surface area (Å²) < 4.78 is 5.16. The third-order valence-electron chi connectivity index (χ3n) is 2.90. The second kappa shape index (κ2) is 7.76. The minimum absolute atomic E-state index is 0.122. The molecule has 0 fully saturated rings. The first-order valence-electron chi connectivity index (χ1n) is 6.44. The van der Waals surface area contributed by atoms with Gasteiger partial charge in [0.2, 0.25) is 5.91 Å². The zero-order chi connectivity index (χ0) is 14.3. The van der Waals surface area contributed by atoms with Crippen LogP contribution in [0.2, 0.25) is 0 Å². The van der Waals surface area contributed by atoms with Crippen molar-refractivity contribution in [3.05, 3.63) is 29.8 Å². The molecule has 106 valence electrons. The molecule has 0 heterocycles. The lowest BCUT2D eigenvalue weighted by molar-refractivity contribution is -0.123. The molecule has 0 aliphatic carbocycles. The molecule has 5 nitrogen and oxygen atoms in total. The van der Waals surface area contributed by atoms with Gasteiger partial charge in [-0.25, -0.2) is 0 Å². The number of hydrogen-bond donors (Lipinski definition) is 3. The highest BCUT2D eigenvalue weighted by molar-refractivity contribution is 5.81. The topological polar surface area (TPSA) is 84.6 Å². The molecule has 0 aromatic heterocycles. The molecular formula is C14H22N2O3. The summed E-state index contributed by atoms with van der Waals surface area (Å²) in [6.07, 6.45) is 0.675. The predicted octanol–water partition coefficient (Wildman–Crippen LogP) is 0.972. The molecule has 1 amide bonds. The number of nitrogens with one attached hydrogen (secondary N) is 1. The molecule has 0 aliphatic rings. The second-order valence-electron chi connectivity index (χ2n) is 4.40. The average molecular weight is 266 g/mol. The molecule has 0 radical (unpaired) electrons. The molecule has 0 bridgehead atoms. The van der Waals surface area contributed by atoms with Crippen molar-refractivity contribution in [3.63, 3.8) is 0 Å². The van der Waals surface area contributed by atoms with Gasteiger partial charge in [-0.3, -0.25) is 4.79 Å². The van der Waals surface area contributed by atoms with E-state index in [1.165, 1.54) is 0 Å². The summed E-state index contributed by atoms with van der Waals surface area (Å²) in [6, 6.07) is 6.65. The van der Waals surface area contributed by atoms with Gasteiger partial charge in [-0.05, 0) is 12.5 Å². The number of carbonyl (C=O) groups is 1. The summed E-state index contributed by atoms with van der Waals surface area (Å²) in [4.78, 5) is 11.6. The standard InChI is InChI=1S/C14H22N2O3/c1-3-6-11(15)14(18)16-9-12(17)10-7-4-5-8-13(10)19-2/h4-5,7-8,11-12,17H,3,6,9,15H2,1-2H3,(H,16,18). The largest absolute Gasteiger partial charge is 0.496 e. The van der Waals surface area contributed by atoms with E-state index in [9.17, 15) is 9.90 Å². The highest BCUT2D eigenvalue weighted by atomic mass is 16.5. The minimum Gasteiger partial charge on any atom is -0.496 e. The Labute approximate surface area is 113 Å². The lowest BCUT2D eigenvalue weighted by atomic mass is 10.1. The fraction of sp³-hybridized carbons (Fsp3) is 0.500. The number of para-hydroxylation sites is 1. The number of ether oxygens (including phenoxy) is 1. The van der Waals surface area contributed by atoms with Crippen LogP contribution in [0.3, 0.4) is 0 Å². The summed E-state index contributed by atoms with van der Waals surface area (Å²) >= 11 is 0. The van der Waals surface area contributed by atoms with Crippen molar-refractivity contribution in [2.24, 2.45) is 5.73 Å². The van der Waals surface area contributed by atoms with Crippen LogP contribution < -0.4 is 15.8 Å². The first kappa shape index (κ1) is 15.5. The van der Waals surface area contributed by atoms with Crippen molar-refractivity contribution in [3.8, 4) is 5.75 Å². The van der Waals surface area contributed by atoms with Gasteiger partial charge in [0.1, 0.15) is 5.75 Å². The van der Waals surface area contributed by atoms with Crippen LogP contribution in [0.1, 0.15) is 31.4 Å². The van der Waals surface area contributed by atoms with Gasteiger partial charge in [-0.1, -0.05) is 31.5 Å². The third-order valence-corrected chi connectivity index (χ3v) is 2.90. The van der Waals surface area contributed by atoms with E-state index in [1.807, 2.05) is 19.1 Å². The van der Waals surface area contributed by atoms with Gasteiger partial charge in [0.05, 0.1) is 19.3 Å². The van der Waals surface area contributed by atoms with Crippen LogP contribution in [0.25, 0.3) is 0 Å². The number of rotatable bonds is 7. The lowest BCUT2D eigenvalue weighted by Crippen LogP contribution is -2.42. The van der Waals surface area contributed by atoms with Crippen LogP contribution in [0.5, 0.6) is 5.75 Å². The fourth-order valence-electron chi connectivity index (χ4n) is 1.82. The molecule has 19 heavy (non-hydrogen) atoms. The first-order valence-corrected chi connectivity index (χ1v) is 6.44. The molecule has 0 saturated carbocycles. The normalized spacial score (nSPS) is 13.7. The number of aliphatic hydroxyl groups is 1. The van der Waals surface area contributed by atoms with E-state index >= 15 is 0 Å². The Kier molecular flexibility index (Phi) is 6.32. The number of amides is 1. The van der Waals surface area contributed by atoms with Crippen LogP contribution in [0.4, 0.5) is 0 Å². The lowest BCUT2D eigenvalue weighted by Gasteiger charge is -2.17. The molecule has 2 atom stereocenters. The Morgan fingerprint density at radius 1 is 1.47 bits per heavy atom. The van der Waals surface area contributed by atoms with Gasteiger partial charge in [-0.2, -0.15) is 0 Å². The van der Waals surface area contributed by atoms with Crippen molar-refractivity contribution in [1.29, 1.82) is 0 Å². The van der Waals surface area contributed by atoms with Gasteiger partial charge in [-0.15, -0.1) is 0 Å². The molecule has 2 unspecified atom stereocenters. The van der Waals surface area contributed by atoms with Gasteiger partial charge in [0.15, 0.2) is 0 Å². The first-order chi connectivity index (χ1) is 9.10. The Balaban J connectivity index is 2.55. The highest BCUT2D eigenvalue weighted by Gasteiger charge is 2.16. The van der Waals surface area contributed by atoms with Gasteiger partial charge < -0.3 is 20.9 Å². The molecule has 0 spiro atoms. The SMILES string of the molecule is CCCC(N)C(=O)NCC(O)c1ccccc1OC. The quantitative estimate of drug-likeness (QED) is 0.686. The van der Waals surface area contributed by atoms with E-state index < -0.39 is 12.1 Å². The molecule has 1 rings (SSSR count).